The molecule has 2 rings (SSSR count). The van der Waals surface area contributed by atoms with Crippen molar-refractivity contribution >= 4 is 40.1 Å². The van der Waals surface area contributed by atoms with Gasteiger partial charge in [0.25, 0.3) is 11.2 Å². The number of hydrogen-bond acceptors (Lipinski definition) is 8. The van der Waals surface area contributed by atoms with Gasteiger partial charge in [0.15, 0.2) is 5.11 Å². The summed E-state index contributed by atoms with van der Waals surface area (Å²) in [6.45, 7) is 1.47. The van der Waals surface area contributed by atoms with Crippen LogP contribution in [0.5, 0.6) is 0 Å². The average molecular weight is 381 g/mol. The Kier molecular flexibility index (Phi) is 5.27. The predicted octanol–water partition coefficient (Wildman–Crippen LogP) is 0.502. The standard InChI is InChI=1S/C12H11N7O6S/c1-5-9(10(20)15-11(21)13-5)14-12(26)17-16-7-3-2-6(18(22)23)4-8(7)19(24)25/h2-4,16H,1H3,(H2,14,17,26)(H2,13,15,20,21). The Morgan fingerprint density at radius 1 is 1.15 bits per heavy atom. The minimum atomic E-state index is -0.801. The van der Waals surface area contributed by atoms with Crippen molar-refractivity contribution in [1.29, 1.82) is 0 Å². The summed E-state index contributed by atoms with van der Waals surface area (Å²) in [6, 6.07) is 2.99. The summed E-state index contributed by atoms with van der Waals surface area (Å²) in [5.74, 6) is 0. The minimum absolute atomic E-state index is 0.0258. The van der Waals surface area contributed by atoms with Crippen LogP contribution < -0.4 is 27.4 Å². The Balaban J connectivity index is 2.15. The van der Waals surface area contributed by atoms with Gasteiger partial charge in [-0.05, 0) is 25.2 Å². The predicted molar refractivity (Wildman–Crippen MR) is 95.2 cm³/mol. The first-order chi connectivity index (χ1) is 12.2. The molecule has 1 aromatic heterocycles. The van der Waals surface area contributed by atoms with Gasteiger partial charge in [-0.1, -0.05) is 0 Å². The van der Waals surface area contributed by atoms with Crippen LogP contribution in [0.15, 0.2) is 27.8 Å². The van der Waals surface area contributed by atoms with Gasteiger partial charge in [0.1, 0.15) is 11.4 Å². The summed E-state index contributed by atoms with van der Waals surface area (Å²) in [6.07, 6.45) is 0. The van der Waals surface area contributed by atoms with E-state index in [0.717, 1.165) is 18.2 Å². The van der Waals surface area contributed by atoms with Crippen molar-refractivity contribution in [3.63, 3.8) is 0 Å². The zero-order valence-electron chi connectivity index (χ0n) is 13.0. The van der Waals surface area contributed by atoms with E-state index in [1.807, 2.05) is 4.98 Å². The van der Waals surface area contributed by atoms with Crippen LogP contribution in [0, 0.1) is 27.2 Å². The van der Waals surface area contributed by atoms with Gasteiger partial charge in [-0.15, -0.1) is 0 Å². The molecule has 26 heavy (non-hydrogen) atoms. The van der Waals surface area contributed by atoms with Gasteiger partial charge in [0, 0.05) is 11.8 Å². The SMILES string of the molecule is Cc1[nH]c(=O)[nH]c(=O)c1NC(=S)NNc1ccc([N+](=O)[O-])cc1[N+](=O)[O-]. The van der Waals surface area contributed by atoms with Crippen molar-refractivity contribution in [2.45, 2.75) is 6.92 Å². The number of thiocarbonyl (C=S) groups is 1. The molecule has 14 heteroatoms. The van der Waals surface area contributed by atoms with E-state index < -0.39 is 32.5 Å². The topological polar surface area (TPSA) is 188 Å². The van der Waals surface area contributed by atoms with Crippen LogP contribution in [-0.2, 0) is 0 Å². The van der Waals surface area contributed by atoms with Gasteiger partial charge in [-0.25, -0.2) is 4.79 Å². The fourth-order valence-corrected chi connectivity index (χ4v) is 2.06. The number of rotatable bonds is 5. The van der Waals surface area contributed by atoms with Crippen molar-refractivity contribution in [2.75, 3.05) is 10.7 Å². The van der Waals surface area contributed by atoms with Crippen LogP contribution in [0.25, 0.3) is 0 Å². The van der Waals surface area contributed by atoms with Crippen molar-refractivity contribution < 1.29 is 9.85 Å². The molecule has 0 atom stereocenters. The molecule has 0 aliphatic rings. The van der Waals surface area contributed by atoms with Gasteiger partial charge < -0.3 is 10.3 Å². The molecule has 5 N–H and O–H groups in total. The number of non-ortho nitro benzene ring substituents is 1. The van der Waals surface area contributed by atoms with Crippen molar-refractivity contribution in [2.24, 2.45) is 0 Å². The summed E-state index contributed by atoms with van der Waals surface area (Å²) in [4.78, 5) is 47.4. The summed E-state index contributed by atoms with van der Waals surface area (Å²) in [5, 5.41) is 24.1. The second kappa shape index (κ2) is 7.39. The van der Waals surface area contributed by atoms with Crippen LogP contribution >= 0.6 is 12.2 Å². The van der Waals surface area contributed by atoms with Gasteiger partial charge in [-0.2, -0.15) is 0 Å². The number of aromatic nitrogens is 2. The lowest BCUT2D eigenvalue weighted by Gasteiger charge is -2.13. The monoisotopic (exact) mass is 381 g/mol. The maximum absolute atomic E-state index is 11.7. The third-order valence-corrected chi connectivity index (χ3v) is 3.27. The lowest BCUT2D eigenvalue weighted by atomic mass is 10.2. The lowest BCUT2D eigenvalue weighted by Crippen LogP contribution is -2.37. The highest BCUT2D eigenvalue weighted by molar-refractivity contribution is 7.80. The normalized spacial score (nSPS) is 10.0. The highest BCUT2D eigenvalue weighted by Crippen LogP contribution is 2.28. The largest absolute Gasteiger partial charge is 0.326 e. The average Bonchev–Trinajstić information content (AvgIpc) is 2.55. The van der Waals surface area contributed by atoms with E-state index in [1.165, 1.54) is 6.92 Å². The Morgan fingerprint density at radius 3 is 2.42 bits per heavy atom. The smallest absolute Gasteiger partial charge is 0.325 e. The Bertz CT molecular complexity index is 1010. The number of H-pyrrole nitrogens is 2. The number of nitro benzene ring substituents is 2. The molecule has 0 fully saturated rings. The van der Waals surface area contributed by atoms with Crippen LogP contribution in [-0.4, -0.2) is 24.9 Å². The van der Waals surface area contributed by atoms with Crippen LogP contribution in [0.2, 0.25) is 0 Å². The first kappa shape index (κ1) is 18.5. The van der Waals surface area contributed by atoms with E-state index in [4.69, 9.17) is 12.2 Å². The molecule has 0 aliphatic carbocycles. The third-order valence-electron chi connectivity index (χ3n) is 3.07. The molecule has 136 valence electrons. The number of hydrogen-bond donors (Lipinski definition) is 5. The first-order valence-electron chi connectivity index (χ1n) is 6.78. The van der Waals surface area contributed by atoms with E-state index in [0.29, 0.717) is 0 Å². The molecule has 0 radical (unpaired) electrons. The van der Waals surface area contributed by atoms with Crippen LogP contribution in [0.4, 0.5) is 22.7 Å². The van der Waals surface area contributed by atoms with Crippen molar-refractivity contribution in [3.05, 3.63) is 65.0 Å². The second-order valence-corrected chi connectivity index (χ2v) is 5.24. The minimum Gasteiger partial charge on any atom is -0.325 e. The van der Waals surface area contributed by atoms with E-state index in [2.05, 4.69) is 21.2 Å². The number of nitrogens with zero attached hydrogens (tertiary/aromatic N) is 2. The summed E-state index contributed by atoms with van der Waals surface area (Å²) in [5.41, 5.74) is 2.57. The molecule has 0 aliphatic heterocycles. The number of hydrazine groups is 1. The molecule has 0 saturated carbocycles. The highest BCUT2D eigenvalue weighted by Gasteiger charge is 2.19. The third kappa shape index (κ3) is 4.18. The molecule has 13 nitrogen and oxygen atoms in total. The van der Waals surface area contributed by atoms with E-state index in [9.17, 15) is 29.8 Å². The fourth-order valence-electron chi connectivity index (χ4n) is 1.91. The molecule has 0 amide bonds. The second-order valence-electron chi connectivity index (χ2n) is 4.83. The maximum atomic E-state index is 11.7. The zero-order chi connectivity index (χ0) is 19.4. The lowest BCUT2D eigenvalue weighted by molar-refractivity contribution is -0.393. The van der Waals surface area contributed by atoms with Gasteiger partial charge in [0.2, 0.25) is 0 Å². The Hall–Kier alpha value is -3.81. The molecular weight excluding hydrogens is 370 g/mol. The highest BCUT2D eigenvalue weighted by atomic mass is 32.1. The maximum Gasteiger partial charge on any atom is 0.326 e. The number of aryl methyl sites for hydroxylation is 1. The summed E-state index contributed by atoms with van der Waals surface area (Å²) in [7, 11) is 0. The number of nitro groups is 2. The Morgan fingerprint density at radius 2 is 1.85 bits per heavy atom. The molecular formula is C12H11N7O6S. The number of aromatic amines is 2. The van der Waals surface area contributed by atoms with Crippen LogP contribution in [0.3, 0.4) is 0 Å². The molecule has 0 bridgehead atoms. The van der Waals surface area contributed by atoms with Crippen LogP contribution in [0.1, 0.15) is 5.69 Å². The van der Waals surface area contributed by atoms with E-state index in [-0.39, 0.29) is 22.2 Å². The molecule has 2 aromatic rings. The molecule has 0 unspecified atom stereocenters. The van der Waals surface area contributed by atoms with Gasteiger partial charge in [0.05, 0.1) is 15.9 Å². The first-order valence-corrected chi connectivity index (χ1v) is 7.19. The summed E-state index contributed by atoms with van der Waals surface area (Å²) < 4.78 is 0. The molecule has 1 aromatic carbocycles. The summed E-state index contributed by atoms with van der Waals surface area (Å²) >= 11 is 4.96. The molecule has 1 heterocycles. The van der Waals surface area contributed by atoms with Crippen molar-refractivity contribution in [1.82, 2.24) is 15.4 Å². The quantitative estimate of drug-likeness (QED) is 0.277. The molecule has 0 saturated heterocycles. The Labute approximate surface area is 148 Å². The van der Waals surface area contributed by atoms with Gasteiger partial charge in [-0.3, -0.25) is 40.9 Å². The number of nitrogens with one attached hydrogen (secondary N) is 5. The fraction of sp³-hybridized carbons (Fsp3) is 0.0833. The van der Waals surface area contributed by atoms with Gasteiger partial charge >= 0.3 is 11.4 Å². The number of benzene rings is 1. The van der Waals surface area contributed by atoms with E-state index in [1.54, 1.807) is 0 Å². The molecule has 0 spiro atoms. The van der Waals surface area contributed by atoms with Crippen molar-refractivity contribution in [3.8, 4) is 0 Å². The van der Waals surface area contributed by atoms with E-state index >= 15 is 0 Å². The zero-order valence-corrected chi connectivity index (χ0v) is 13.8. The number of anilines is 2.